The van der Waals surface area contributed by atoms with E-state index in [1.54, 1.807) is 4.68 Å². The lowest BCUT2D eigenvalue weighted by molar-refractivity contribution is -0.124. The number of aromatic nitrogens is 2. The number of alkyl halides is 3. The van der Waals surface area contributed by atoms with E-state index in [0.717, 1.165) is 15.9 Å². The van der Waals surface area contributed by atoms with E-state index in [9.17, 15) is 13.2 Å². The summed E-state index contributed by atoms with van der Waals surface area (Å²) in [6.07, 6.45) is -4.16. The highest BCUT2D eigenvalue weighted by Gasteiger charge is 2.25. The van der Waals surface area contributed by atoms with Gasteiger partial charge in [-0.2, -0.15) is 18.3 Å². The predicted octanol–water partition coefficient (Wildman–Crippen LogP) is 2.41. The van der Waals surface area contributed by atoms with E-state index in [2.05, 4.69) is 26.3 Å². The maximum absolute atomic E-state index is 11.8. The summed E-state index contributed by atoms with van der Waals surface area (Å²) in [5.74, 6) is 0. The average molecular weight is 300 g/mol. The molecule has 0 radical (unpaired) electrons. The molecule has 0 saturated heterocycles. The zero-order valence-electron chi connectivity index (χ0n) is 9.03. The Balaban J connectivity index is 2.41. The molecule has 0 fully saturated rings. The molecule has 0 aliphatic heterocycles. The second kappa shape index (κ2) is 5.18. The summed E-state index contributed by atoms with van der Waals surface area (Å²) in [4.78, 5) is 0. The van der Waals surface area contributed by atoms with Crippen molar-refractivity contribution in [1.29, 1.82) is 0 Å². The van der Waals surface area contributed by atoms with Gasteiger partial charge < -0.3 is 5.32 Å². The van der Waals surface area contributed by atoms with Crippen LogP contribution in [-0.2, 0) is 6.54 Å². The Kier molecular flexibility index (Phi) is 4.37. The summed E-state index contributed by atoms with van der Waals surface area (Å²) in [7, 11) is 0. The fourth-order valence-corrected chi connectivity index (χ4v) is 1.59. The number of nitrogens with zero attached hydrogens (tertiary/aromatic N) is 2. The van der Waals surface area contributed by atoms with Crippen molar-refractivity contribution < 1.29 is 13.2 Å². The van der Waals surface area contributed by atoms with Crippen molar-refractivity contribution >= 4 is 15.9 Å². The van der Waals surface area contributed by atoms with Gasteiger partial charge in [-0.05, 0) is 29.8 Å². The van der Waals surface area contributed by atoms with Gasteiger partial charge in [0.2, 0.25) is 0 Å². The lowest BCUT2D eigenvalue weighted by Crippen LogP contribution is -2.31. The third-order valence-electron chi connectivity index (χ3n) is 2.12. The van der Waals surface area contributed by atoms with Crippen LogP contribution in [0.1, 0.15) is 11.4 Å². The predicted molar refractivity (Wildman–Crippen MR) is 58.3 cm³/mol. The molecule has 92 valence electrons. The van der Waals surface area contributed by atoms with Gasteiger partial charge in [0.25, 0.3) is 0 Å². The zero-order valence-corrected chi connectivity index (χ0v) is 10.6. The zero-order chi connectivity index (χ0) is 12.3. The van der Waals surface area contributed by atoms with Crippen molar-refractivity contribution in [3.05, 3.63) is 15.9 Å². The minimum absolute atomic E-state index is 0.244. The number of halogens is 4. The third-order valence-corrected chi connectivity index (χ3v) is 3.27. The van der Waals surface area contributed by atoms with Crippen LogP contribution in [0.15, 0.2) is 4.47 Å². The van der Waals surface area contributed by atoms with E-state index in [-0.39, 0.29) is 6.54 Å². The molecule has 0 spiro atoms. The van der Waals surface area contributed by atoms with Crippen LogP contribution in [0.5, 0.6) is 0 Å². The standard InChI is InChI=1S/C9H13BrF3N3/c1-6-8(10)7(2)16(15-6)4-3-14-5-9(11,12)13/h14H,3-5H2,1-2H3. The molecule has 1 aromatic rings. The second-order valence-electron chi connectivity index (χ2n) is 3.50. The number of hydrogen-bond donors (Lipinski definition) is 1. The first-order chi connectivity index (χ1) is 7.31. The van der Waals surface area contributed by atoms with E-state index in [4.69, 9.17) is 0 Å². The molecule has 0 aromatic carbocycles. The van der Waals surface area contributed by atoms with Gasteiger partial charge in [0, 0.05) is 12.2 Å². The first-order valence-electron chi connectivity index (χ1n) is 4.78. The summed E-state index contributed by atoms with van der Waals surface area (Å²) in [5, 5.41) is 6.52. The SMILES string of the molecule is Cc1nn(CCNCC(F)(F)F)c(C)c1Br. The van der Waals surface area contributed by atoms with Crippen LogP contribution in [-0.4, -0.2) is 29.0 Å². The first kappa shape index (κ1) is 13.5. The second-order valence-corrected chi connectivity index (χ2v) is 4.29. The average Bonchev–Trinajstić information content (AvgIpc) is 2.40. The van der Waals surface area contributed by atoms with Crippen LogP contribution in [0.2, 0.25) is 0 Å². The van der Waals surface area contributed by atoms with Crippen molar-refractivity contribution in [3.8, 4) is 0 Å². The smallest absolute Gasteiger partial charge is 0.307 e. The fraction of sp³-hybridized carbons (Fsp3) is 0.667. The van der Waals surface area contributed by atoms with E-state index < -0.39 is 12.7 Å². The molecule has 7 heteroatoms. The normalized spacial score (nSPS) is 12.1. The Hall–Kier alpha value is -0.560. The summed E-state index contributed by atoms with van der Waals surface area (Å²) in [6, 6.07) is 0. The van der Waals surface area contributed by atoms with Gasteiger partial charge >= 0.3 is 6.18 Å². The molecular formula is C9H13BrF3N3. The number of hydrogen-bond acceptors (Lipinski definition) is 2. The molecule has 3 nitrogen and oxygen atoms in total. The molecule has 1 heterocycles. The van der Waals surface area contributed by atoms with Crippen LogP contribution in [0.25, 0.3) is 0 Å². The van der Waals surface area contributed by atoms with Gasteiger partial charge in [-0.15, -0.1) is 0 Å². The van der Waals surface area contributed by atoms with Crippen LogP contribution >= 0.6 is 15.9 Å². The lowest BCUT2D eigenvalue weighted by atomic mass is 10.4. The van der Waals surface area contributed by atoms with E-state index in [0.29, 0.717) is 6.54 Å². The molecule has 0 amide bonds. The van der Waals surface area contributed by atoms with Gasteiger partial charge in [0.15, 0.2) is 0 Å². The minimum Gasteiger partial charge on any atom is -0.307 e. The highest BCUT2D eigenvalue weighted by atomic mass is 79.9. The molecule has 1 N–H and O–H groups in total. The van der Waals surface area contributed by atoms with E-state index in [1.807, 2.05) is 13.8 Å². The maximum atomic E-state index is 11.8. The largest absolute Gasteiger partial charge is 0.401 e. The van der Waals surface area contributed by atoms with Gasteiger partial charge in [0.05, 0.1) is 23.3 Å². The van der Waals surface area contributed by atoms with Crippen molar-refractivity contribution in [2.75, 3.05) is 13.1 Å². The summed E-state index contributed by atoms with van der Waals surface area (Å²) in [5.41, 5.74) is 1.76. The Bertz CT molecular complexity index is 360. The monoisotopic (exact) mass is 299 g/mol. The van der Waals surface area contributed by atoms with Crippen molar-refractivity contribution in [2.24, 2.45) is 0 Å². The third kappa shape index (κ3) is 3.79. The molecule has 1 rings (SSSR count). The lowest BCUT2D eigenvalue weighted by Gasteiger charge is -2.08. The van der Waals surface area contributed by atoms with Gasteiger partial charge in [-0.25, -0.2) is 0 Å². The Morgan fingerprint density at radius 1 is 1.38 bits per heavy atom. The molecular weight excluding hydrogens is 287 g/mol. The number of aryl methyl sites for hydroxylation is 1. The Morgan fingerprint density at radius 3 is 2.44 bits per heavy atom. The number of rotatable bonds is 4. The van der Waals surface area contributed by atoms with E-state index in [1.165, 1.54) is 0 Å². The van der Waals surface area contributed by atoms with E-state index >= 15 is 0 Å². The van der Waals surface area contributed by atoms with Crippen LogP contribution in [0.4, 0.5) is 13.2 Å². The summed E-state index contributed by atoms with van der Waals surface area (Å²) >= 11 is 3.36. The molecule has 1 aromatic heterocycles. The minimum atomic E-state index is -4.16. The number of nitrogens with one attached hydrogen (secondary N) is 1. The van der Waals surface area contributed by atoms with Crippen LogP contribution in [0.3, 0.4) is 0 Å². The summed E-state index contributed by atoms with van der Waals surface area (Å²) < 4.78 is 38.1. The highest BCUT2D eigenvalue weighted by molar-refractivity contribution is 9.10. The maximum Gasteiger partial charge on any atom is 0.401 e. The Labute approximate surface area is 100 Å². The molecule has 0 unspecified atom stereocenters. The first-order valence-corrected chi connectivity index (χ1v) is 5.57. The summed E-state index contributed by atoms with van der Waals surface area (Å²) in [6.45, 7) is 3.42. The molecule has 0 aliphatic rings. The Morgan fingerprint density at radius 2 is 2.00 bits per heavy atom. The van der Waals surface area contributed by atoms with Gasteiger partial charge in [0.1, 0.15) is 0 Å². The van der Waals surface area contributed by atoms with Crippen molar-refractivity contribution in [2.45, 2.75) is 26.6 Å². The fourth-order valence-electron chi connectivity index (χ4n) is 1.31. The molecule has 0 bridgehead atoms. The molecule has 16 heavy (non-hydrogen) atoms. The highest BCUT2D eigenvalue weighted by Crippen LogP contribution is 2.19. The van der Waals surface area contributed by atoms with Gasteiger partial charge in [-0.1, -0.05) is 0 Å². The van der Waals surface area contributed by atoms with Crippen molar-refractivity contribution in [3.63, 3.8) is 0 Å². The quantitative estimate of drug-likeness (QED) is 0.866. The van der Waals surface area contributed by atoms with Crippen molar-refractivity contribution in [1.82, 2.24) is 15.1 Å². The van der Waals surface area contributed by atoms with Crippen LogP contribution < -0.4 is 5.32 Å². The van der Waals surface area contributed by atoms with Crippen LogP contribution in [0, 0.1) is 13.8 Å². The molecule has 0 saturated carbocycles. The van der Waals surface area contributed by atoms with Gasteiger partial charge in [-0.3, -0.25) is 4.68 Å². The topological polar surface area (TPSA) is 29.9 Å². The molecule has 0 atom stereocenters. The molecule has 0 aliphatic carbocycles.